The van der Waals surface area contributed by atoms with Crippen LogP contribution in [0.15, 0.2) is 150 Å². The highest BCUT2D eigenvalue weighted by Crippen LogP contribution is 2.46. The summed E-state index contributed by atoms with van der Waals surface area (Å²) >= 11 is 5.51. The maximum atomic E-state index is 4.34. The average Bonchev–Trinajstić information content (AvgIpc) is 3.31. The van der Waals surface area contributed by atoms with Gasteiger partial charge in [0.25, 0.3) is 0 Å². The number of nitrogens with zero attached hydrogens (tertiary/aromatic N) is 1. The highest BCUT2D eigenvalue weighted by atomic mass is 32.2. The van der Waals surface area contributed by atoms with Crippen LogP contribution in [-0.2, 0) is 0 Å². The van der Waals surface area contributed by atoms with Crippen molar-refractivity contribution in [3.63, 3.8) is 0 Å². The maximum absolute atomic E-state index is 4.34. The SMILES string of the molecule is C=C(/C=C/C1=C(Sc2ccccc2)C(=C/C=C2\Sc3ccccc3N2CC)/CCC1)Sc1ccccc1C. The van der Waals surface area contributed by atoms with E-state index >= 15 is 0 Å². The molecule has 3 aromatic rings. The fraction of sp³-hybridized carbons (Fsp3) is 0.176. The number of anilines is 1. The normalized spacial score (nSPS) is 17.6. The number of aryl methyl sites for hydroxylation is 1. The van der Waals surface area contributed by atoms with Crippen molar-refractivity contribution in [2.24, 2.45) is 0 Å². The highest BCUT2D eigenvalue weighted by Gasteiger charge is 2.23. The lowest BCUT2D eigenvalue weighted by atomic mass is 9.94. The van der Waals surface area contributed by atoms with Crippen LogP contribution in [0.3, 0.4) is 0 Å². The van der Waals surface area contributed by atoms with Crippen molar-refractivity contribution >= 4 is 41.0 Å². The Labute approximate surface area is 240 Å². The molecule has 3 aromatic carbocycles. The molecule has 5 rings (SSSR count). The molecule has 1 heterocycles. The second-order valence-electron chi connectivity index (χ2n) is 9.30. The standard InChI is InChI=1S/C34H33NS3/c1-4-35-30-18-9-11-20-32(30)38-33(35)24-23-28-15-12-14-27(34(28)37-29-16-6-5-7-17-29)22-21-26(3)36-31-19-10-8-13-25(31)2/h5-11,13,16-24H,3-4,12,14-15H2,1-2H3/b22-21+,28-23+,33-24-. The lowest BCUT2D eigenvalue weighted by Gasteiger charge is -2.22. The van der Waals surface area contributed by atoms with Crippen LogP contribution >= 0.6 is 35.3 Å². The Balaban J connectivity index is 1.44. The number of rotatable bonds is 8. The molecule has 0 radical (unpaired) electrons. The van der Waals surface area contributed by atoms with Gasteiger partial charge < -0.3 is 4.90 Å². The molecule has 0 bridgehead atoms. The van der Waals surface area contributed by atoms with Crippen LogP contribution in [0.1, 0.15) is 31.7 Å². The van der Waals surface area contributed by atoms with Gasteiger partial charge in [0.2, 0.25) is 0 Å². The van der Waals surface area contributed by atoms with Crippen molar-refractivity contribution < 1.29 is 0 Å². The zero-order valence-electron chi connectivity index (χ0n) is 22.0. The number of para-hydroxylation sites is 1. The smallest absolute Gasteiger partial charge is 0.0801 e. The van der Waals surface area contributed by atoms with E-state index in [1.54, 1.807) is 11.8 Å². The van der Waals surface area contributed by atoms with Gasteiger partial charge in [0.05, 0.1) is 10.7 Å². The molecule has 0 saturated carbocycles. The van der Waals surface area contributed by atoms with Crippen molar-refractivity contribution in [2.75, 3.05) is 11.4 Å². The van der Waals surface area contributed by atoms with E-state index in [1.165, 1.54) is 47.0 Å². The van der Waals surface area contributed by atoms with E-state index in [0.29, 0.717) is 0 Å². The molecule has 0 atom stereocenters. The summed E-state index contributed by atoms with van der Waals surface area (Å²) in [5.74, 6) is 0. The Morgan fingerprint density at radius 1 is 0.947 bits per heavy atom. The lowest BCUT2D eigenvalue weighted by Crippen LogP contribution is -2.16. The molecule has 0 fully saturated rings. The van der Waals surface area contributed by atoms with Crippen molar-refractivity contribution in [2.45, 2.75) is 47.8 Å². The largest absolute Gasteiger partial charge is 0.335 e. The minimum absolute atomic E-state index is 0.967. The van der Waals surface area contributed by atoms with Crippen LogP contribution in [0.5, 0.6) is 0 Å². The Morgan fingerprint density at radius 3 is 2.53 bits per heavy atom. The van der Waals surface area contributed by atoms with Crippen molar-refractivity contribution in [1.82, 2.24) is 0 Å². The van der Waals surface area contributed by atoms with Gasteiger partial charge in [0.15, 0.2) is 0 Å². The summed E-state index contributed by atoms with van der Waals surface area (Å²) in [5, 5.41) is 1.30. The summed E-state index contributed by atoms with van der Waals surface area (Å²) in [7, 11) is 0. The number of hydrogen-bond donors (Lipinski definition) is 0. The first-order valence-electron chi connectivity index (χ1n) is 13.1. The quantitative estimate of drug-likeness (QED) is 0.202. The molecule has 4 heteroatoms. The summed E-state index contributed by atoms with van der Waals surface area (Å²) in [6, 6.07) is 28.0. The van der Waals surface area contributed by atoms with Crippen molar-refractivity contribution in [1.29, 1.82) is 0 Å². The van der Waals surface area contributed by atoms with E-state index in [4.69, 9.17) is 0 Å². The van der Waals surface area contributed by atoms with Gasteiger partial charge in [-0.2, -0.15) is 0 Å². The van der Waals surface area contributed by atoms with E-state index in [0.717, 1.165) is 30.7 Å². The van der Waals surface area contributed by atoms with Gasteiger partial charge in [-0.25, -0.2) is 0 Å². The van der Waals surface area contributed by atoms with E-state index in [-0.39, 0.29) is 0 Å². The van der Waals surface area contributed by atoms with Gasteiger partial charge in [-0.05, 0) is 92.3 Å². The van der Waals surface area contributed by atoms with Crippen LogP contribution < -0.4 is 4.90 Å². The Morgan fingerprint density at radius 2 is 1.71 bits per heavy atom. The molecule has 2 aliphatic rings. The number of thioether (sulfide) groups is 3. The van der Waals surface area contributed by atoms with Crippen molar-refractivity contribution in [3.8, 4) is 0 Å². The van der Waals surface area contributed by atoms with Gasteiger partial charge in [-0.15, -0.1) is 0 Å². The monoisotopic (exact) mass is 551 g/mol. The van der Waals surface area contributed by atoms with Gasteiger partial charge in [0.1, 0.15) is 0 Å². The molecule has 1 nitrogen and oxygen atoms in total. The molecular formula is C34H33NS3. The minimum atomic E-state index is 0.967. The lowest BCUT2D eigenvalue weighted by molar-refractivity contribution is 0.793. The summed E-state index contributed by atoms with van der Waals surface area (Å²) in [6.07, 6.45) is 12.5. The molecule has 0 N–H and O–H groups in total. The van der Waals surface area contributed by atoms with Gasteiger partial charge >= 0.3 is 0 Å². The zero-order chi connectivity index (χ0) is 26.3. The van der Waals surface area contributed by atoms with E-state index in [1.807, 2.05) is 23.5 Å². The molecule has 1 aliphatic heterocycles. The first-order valence-corrected chi connectivity index (χ1v) is 15.6. The minimum Gasteiger partial charge on any atom is -0.335 e. The summed E-state index contributed by atoms with van der Waals surface area (Å²) in [6.45, 7) is 9.70. The highest BCUT2D eigenvalue weighted by molar-refractivity contribution is 8.04. The van der Waals surface area contributed by atoms with E-state index in [2.05, 4.69) is 128 Å². The number of allylic oxidation sites excluding steroid dienone is 6. The number of benzene rings is 3. The molecule has 38 heavy (non-hydrogen) atoms. The first-order chi connectivity index (χ1) is 18.6. The summed E-state index contributed by atoms with van der Waals surface area (Å²) in [4.78, 5) is 8.74. The number of hydrogen-bond acceptors (Lipinski definition) is 4. The maximum Gasteiger partial charge on any atom is 0.0801 e. The number of fused-ring (bicyclic) bond motifs is 1. The van der Waals surface area contributed by atoms with Gasteiger partial charge in [-0.3, -0.25) is 0 Å². The molecule has 192 valence electrons. The van der Waals surface area contributed by atoms with Crippen LogP contribution in [-0.4, -0.2) is 6.54 Å². The topological polar surface area (TPSA) is 3.24 Å². The predicted molar refractivity (Wildman–Crippen MR) is 170 cm³/mol. The molecule has 1 aliphatic carbocycles. The fourth-order valence-corrected chi connectivity index (χ4v) is 7.73. The molecule has 0 unspecified atom stereocenters. The summed E-state index contributed by atoms with van der Waals surface area (Å²) in [5.41, 5.74) is 5.42. The van der Waals surface area contributed by atoms with E-state index in [9.17, 15) is 0 Å². The predicted octanol–water partition coefficient (Wildman–Crippen LogP) is 10.8. The van der Waals surface area contributed by atoms with Crippen LogP contribution in [0.25, 0.3) is 0 Å². The second kappa shape index (κ2) is 12.8. The third kappa shape index (κ3) is 6.43. The van der Waals surface area contributed by atoms with Gasteiger partial charge in [-0.1, -0.05) is 103 Å². The Hall–Kier alpha value is -2.79. The van der Waals surface area contributed by atoms with Crippen LogP contribution in [0, 0.1) is 6.92 Å². The zero-order valence-corrected chi connectivity index (χ0v) is 24.5. The molecule has 0 spiro atoms. The Kier molecular flexibility index (Phi) is 9.06. The summed E-state index contributed by atoms with van der Waals surface area (Å²) < 4.78 is 0. The third-order valence-electron chi connectivity index (χ3n) is 6.62. The molecule has 0 aromatic heterocycles. The van der Waals surface area contributed by atoms with Gasteiger partial charge in [0, 0.05) is 31.0 Å². The van der Waals surface area contributed by atoms with Crippen LogP contribution in [0.4, 0.5) is 5.69 Å². The van der Waals surface area contributed by atoms with Crippen molar-refractivity contribution in [3.05, 3.63) is 141 Å². The van der Waals surface area contributed by atoms with Crippen LogP contribution in [0.2, 0.25) is 0 Å². The third-order valence-corrected chi connectivity index (χ3v) is 10.1. The second-order valence-corrected chi connectivity index (χ2v) is 12.6. The first kappa shape index (κ1) is 26.8. The molecule has 0 amide bonds. The molecular weight excluding hydrogens is 519 g/mol. The average molecular weight is 552 g/mol. The Bertz CT molecular complexity index is 1430. The van der Waals surface area contributed by atoms with E-state index < -0.39 is 0 Å². The molecule has 0 saturated heterocycles. The fourth-order valence-electron chi connectivity index (χ4n) is 4.67.